The van der Waals surface area contributed by atoms with Crippen LogP contribution in [0.4, 0.5) is 0 Å². The summed E-state index contributed by atoms with van der Waals surface area (Å²) in [5, 5.41) is 3.49. The van der Waals surface area contributed by atoms with Crippen molar-refractivity contribution in [3.8, 4) is 0 Å². The van der Waals surface area contributed by atoms with Crippen LogP contribution in [-0.4, -0.2) is 23.5 Å². The van der Waals surface area contributed by atoms with E-state index in [1.54, 1.807) is 0 Å². The first-order valence-corrected chi connectivity index (χ1v) is 8.43. The lowest BCUT2D eigenvalue weighted by atomic mass is 9.95. The minimum absolute atomic E-state index is 0.127. The highest BCUT2D eigenvalue weighted by atomic mass is 16.3. The Morgan fingerprint density at radius 1 is 1.38 bits per heavy atom. The molecule has 1 unspecified atom stereocenters. The third-order valence-corrected chi connectivity index (χ3v) is 4.44. The second-order valence-corrected chi connectivity index (χ2v) is 7.55. The molecular weight excluding hydrogens is 260 g/mol. The van der Waals surface area contributed by atoms with Crippen molar-refractivity contribution in [1.82, 2.24) is 10.2 Å². The summed E-state index contributed by atoms with van der Waals surface area (Å²) < 4.78 is 5.92. The van der Waals surface area contributed by atoms with Crippen molar-refractivity contribution in [1.29, 1.82) is 0 Å². The lowest BCUT2D eigenvalue weighted by molar-refractivity contribution is 0.164. The fourth-order valence-electron chi connectivity index (χ4n) is 3.05. The first-order valence-electron chi connectivity index (χ1n) is 8.43. The van der Waals surface area contributed by atoms with E-state index in [4.69, 9.17) is 4.42 Å². The normalized spacial score (nSPS) is 20.9. The van der Waals surface area contributed by atoms with Gasteiger partial charge in [-0.15, -0.1) is 0 Å². The number of aryl methyl sites for hydroxylation is 1. The molecule has 120 valence electrons. The van der Waals surface area contributed by atoms with Gasteiger partial charge in [0.05, 0.1) is 6.54 Å². The van der Waals surface area contributed by atoms with Gasteiger partial charge in [0.15, 0.2) is 0 Å². The van der Waals surface area contributed by atoms with Crippen LogP contribution in [0.3, 0.4) is 0 Å². The second-order valence-electron chi connectivity index (χ2n) is 7.55. The Hall–Kier alpha value is -0.800. The number of rotatable bonds is 5. The van der Waals surface area contributed by atoms with Crippen molar-refractivity contribution in [2.45, 2.75) is 72.5 Å². The summed E-state index contributed by atoms with van der Waals surface area (Å²) in [6, 6.07) is 2.24. The van der Waals surface area contributed by atoms with E-state index in [2.05, 4.69) is 50.9 Å². The largest absolute Gasteiger partial charge is 0.465 e. The zero-order chi connectivity index (χ0) is 15.5. The predicted octanol–water partition coefficient (Wildman–Crippen LogP) is 4.10. The smallest absolute Gasteiger partial charge is 0.118 e. The van der Waals surface area contributed by atoms with Crippen LogP contribution < -0.4 is 5.32 Å². The van der Waals surface area contributed by atoms with Crippen molar-refractivity contribution in [2.24, 2.45) is 5.92 Å². The summed E-state index contributed by atoms with van der Waals surface area (Å²) in [4.78, 5) is 2.59. The van der Waals surface area contributed by atoms with Gasteiger partial charge in [-0.3, -0.25) is 4.90 Å². The Balaban J connectivity index is 1.92. The van der Waals surface area contributed by atoms with Crippen LogP contribution in [0.1, 0.15) is 64.0 Å². The highest BCUT2D eigenvalue weighted by Crippen LogP contribution is 2.23. The van der Waals surface area contributed by atoms with Crippen molar-refractivity contribution >= 4 is 0 Å². The molecule has 0 saturated carbocycles. The van der Waals surface area contributed by atoms with Gasteiger partial charge in [0, 0.05) is 24.2 Å². The maximum Gasteiger partial charge on any atom is 0.118 e. The molecule has 0 bridgehead atoms. The maximum absolute atomic E-state index is 5.92. The summed E-state index contributed by atoms with van der Waals surface area (Å²) in [6.45, 7) is 15.3. The number of nitrogens with one attached hydrogen (secondary N) is 1. The van der Waals surface area contributed by atoms with Gasteiger partial charge in [-0.05, 0) is 59.1 Å². The first-order chi connectivity index (χ1) is 9.87. The van der Waals surface area contributed by atoms with Crippen LogP contribution >= 0.6 is 0 Å². The molecule has 3 nitrogen and oxygen atoms in total. The number of hydrogen-bond donors (Lipinski definition) is 1. The van der Waals surface area contributed by atoms with E-state index in [-0.39, 0.29) is 5.54 Å². The van der Waals surface area contributed by atoms with E-state index in [0.29, 0.717) is 0 Å². The van der Waals surface area contributed by atoms with Gasteiger partial charge in [-0.2, -0.15) is 0 Å². The molecule has 0 aromatic carbocycles. The van der Waals surface area contributed by atoms with Crippen LogP contribution in [0, 0.1) is 12.8 Å². The minimum atomic E-state index is 0.127. The van der Waals surface area contributed by atoms with Gasteiger partial charge < -0.3 is 9.73 Å². The molecule has 3 heteroatoms. The van der Waals surface area contributed by atoms with Crippen LogP contribution in [0.5, 0.6) is 0 Å². The molecule has 1 saturated heterocycles. The van der Waals surface area contributed by atoms with Crippen LogP contribution in [0.15, 0.2) is 10.5 Å². The van der Waals surface area contributed by atoms with Crippen molar-refractivity contribution < 1.29 is 4.42 Å². The van der Waals surface area contributed by atoms with Gasteiger partial charge >= 0.3 is 0 Å². The van der Waals surface area contributed by atoms with Crippen molar-refractivity contribution in [3.63, 3.8) is 0 Å². The van der Waals surface area contributed by atoms with Crippen LogP contribution in [0.25, 0.3) is 0 Å². The highest BCUT2D eigenvalue weighted by Gasteiger charge is 2.20. The van der Waals surface area contributed by atoms with Gasteiger partial charge in [-0.25, -0.2) is 0 Å². The molecule has 1 aliphatic heterocycles. The molecule has 2 heterocycles. The van der Waals surface area contributed by atoms with Gasteiger partial charge in [-0.1, -0.05) is 13.3 Å². The molecule has 2 rings (SSSR count). The fourth-order valence-corrected chi connectivity index (χ4v) is 3.05. The summed E-state index contributed by atoms with van der Waals surface area (Å²) in [7, 11) is 0. The van der Waals surface area contributed by atoms with Gasteiger partial charge in [0.2, 0.25) is 0 Å². The van der Waals surface area contributed by atoms with E-state index in [1.165, 1.54) is 37.9 Å². The zero-order valence-electron chi connectivity index (χ0n) is 14.5. The molecule has 0 amide bonds. The Kier molecular flexibility index (Phi) is 5.50. The van der Waals surface area contributed by atoms with E-state index in [9.17, 15) is 0 Å². The molecular formula is C18H32N2O. The van der Waals surface area contributed by atoms with E-state index in [1.807, 2.05) is 0 Å². The second kappa shape index (κ2) is 6.97. The first kappa shape index (κ1) is 16.6. The van der Waals surface area contributed by atoms with Gasteiger partial charge in [0.1, 0.15) is 11.5 Å². The zero-order valence-corrected chi connectivity index (χ0v) is 14.5. The number of hydrogen-bond acceptors (Lipinski definition) is 3. The summed E-state index contributed by atoms with van der Waals surface area (Å²) in [5.41, 5.74) is 1.49. The average molecular weight is 292 g/mol. The molecule has 1 fully saturated rings. The average Bonchev–Trinajstić information content (AvgIpc) is 2.77. The molecule has 1 aromatic heterocycles. The molecule has 1 aliphatic rings. The summed E-state index contributed by atoms with van der Waals surface area (Å²) in [5.74, 6) is 3.02. The summed E-state index contributed by atoms with van der Waals surface area (Å²) in [6.07, 6.45) is 4.05. The molecule has 21 heavy (non-hydrogen) atoms. The minimum Gasteiger partial charge on any atom is -0.465 e. The number of furan rings is 1. The third kappa shape index (κ3) is 5.15. The highest BCUT2D eigenvalue weighted by molar-refractivity contribution is 5.21. The Morgan fingerprint density at radius 2 is 2.14 bits per heavy atom. The molecule has 1 N–H and O–H groups in total. The predicted molar refractivity (Wildman–Crippen MR) is 88.3 cm³/mol. The van der Waals surface area contributed by atoms with Crippen LogP contribution in [-0.2, 0) is 13.1 Å². The molecule has 1 aromatic rings. The number of piperidine rings is 1. The van der Waals surface area contributed by atoms with E-state index >= 15 is 0 Å². The summed E-state index contributed by atoms with van der Waals surface area (Å²) >= 11 is 0. The Morgan fingerprint density at radius 3 is 2.81 bits per heavy atom. The lowest BCUT2D eigenvalue weighted by Crippen LogP contribution is -2.35. The monoisotopic (exact) mass is 292 g/mol. The van der Waals surface area contributed by atoms with Crippen LogP contribution in [0.2, 0.25) is 0 Å². The quantitative estimate of drug-likeness (QED) is 0.885. The number of nitrogens with zero attached hydrogens (tertiary/aromatic N) is 1. The molecule has 0 spiro atoms. The molecule has 0 aliphatic carbocycles. The Bertz CT molecular complexity index is 445. The topological polar surface area (TPSA) is 28.4 Å². The lowest BCUT2D eigenvalue weighted by Gasteiger charge is -2.32. The maximum atomic E-state index is 5.92. The van der Waals surface area contributed by atoms with E-state index < -0.39 is 0 Å². The van der Waals surface area contributed by atoms with E-state index in [0.717, 1.165) is 30.5 Å². The van der Waals surface area contributed by atoms with Crippen molar-refractivity contribution in [2.75, 3.05) is 13.1 Å². The molecule has 1 atom stereocenters. The fraction of sp³-hybridized carbons (Fsp3) is 0.778. The standard InChI is InChI=1S/C18H32N2O/c1-6-15-8-7-9-20(12-15)13-16-10-17(21-14(16)2)11-19-18(3,4)5/h10,15,19H,6-9,11-13H2,1-5H3. The van der Waals surface area contributed by atoms with Crippen molar-refractivity contribution in [3.05, 3.63) is 23.2 Å². The third-order valence-electron chi connectivity index (χ3n) is 4.44. The Labute approximate surface area is 130 Å². The SMILES string of the molecule is CCC1CCCN(Cc2cc(CNC(C)(C)C)oc2C)C1. The molecule has 0 radical (unpaired) electrons. The number of likely N-dealkylation sites (tertiary alicyclic amines) is 1. The van der Waals surface area contributed by atoms with Gasteiger partial charge in [0.25, 0.3) is 0 Å².